The Balaban J connectivity index is 1.63. The molecule has 1 aliphatic carbocycles. The fourth-order valence-electron chi connectivity index (χ4n) is 5.04. The molecule has 1 saturated carbocycles. The zero-order chi connectivity index (χ0) is 31.3. The highest BCUT2D eigenvalue weighted by Crippen LogP contribution is 2.41. The molecule has 1 aliphatic rings. The van der Waals surface area contributed by atoms with E-state index in [9.17, 15) is 40.3 Å². The number of imidazole rings is 1. The van der Waals surface area contributed by atoms with Crippen molar-refractivity contribution >= 4 is 23.0 Å². The molecule has 1 aromatic heterocycles. The first-order valence-electron chi connectivity index (χ1n) is 13.4. The quantitative estimate of drug-likeness (QED) is 0.160. The molecule has 0 saturated heterocycles. The third kappa shape index (κ3) is 8.14. The molecule has 4 rings (SSSR count). The zero-order valence-electron chi connectivity index (χ0n) is 22.4. The summed E-state index contributed by atoms with van der Waals surface area (Å²) in [4.78, 5) is 32.1. The van der Waals surface area contributed by atoms with Crippen LogP contribution in [-0.4, -0.2) is 47.0 Å². The maximum Gasteiger partial charge on any atom is 0.408 e. The van der Waals surface area contributed by atoms with Crippen molar-refractivity contribution in [1.82, 2.24) is 20.6 Å². The molecule has 1 unspecified atom stereocenters. The number of aromatic amines is 1. The number of amides is 2. The van der Waals surface area contributed by atoms with Crippen molar-refractivity contribution < 1.29 is 49.4 Å². The molecular formula is C28H28F8N4O3. The lowest BCUT2D eigenvalue weighted by Gasteiger charge is -2.33. The smallest absolute Gasteiger partial charge is 0.408 e. The number of fused-ring (bicyclic) bond motifs is 1. The maximum absolute atomic E-state index is 15.7. The molecule has 3 N–H and O–H groups in total. The fraction of sp³-hybridized carbons (Fsp3) is 0.464. The molecule has 7 nitrogen and oxygen atoms in total. The Hall–Kier alpha value is -3.91. The number of H-pyrrole nitrogens is 1. The fourth-order valence-corrected chi connectivity index (χ4v) is 5.04. The summed E-state index contributed by atoms with van der Waals surface area (Å²) < 4.78 is 114. The Kier molecular flexibility index (Phi) is 10.1. The number of nitrogens with zero attached hydrogens (tertiary/aromatic N) is 1. The van der Waals surface area contributed by atoms with Gasteiger partial charge in [-0.2, -0.15) is 0 Å². The molecule has 234 valence electrons. The van der Waals surface area contributed by atoms with Crippen molar-refractivity contribution in [2.75, 3.05) is 0 Å². The highest BCUT2D eigenvalue weighted by molar-refractivity contribution is 5.86. The Labute approximate surface area is 240 Å². The topological polar surface area (TPSA) is 96.1 Å². The Morgan fingerprint density at radius 2 is 1.67 bits per heavy atom. The van der Waals surface area contributed by atoms with Crippen LogP contribution >= 0.6 is 0 Å². The summed E-state index contributed by atoms with van der Waals surface area (Å²) in [6.45, 7) is -0.0981. The Morgan fingerprint density at radius 1 is 1.00 bits per heavy atom. The van der Waals surface area contributed by atoms with Crippen molar-refractivity contribution in [3.8, 4) is 0 Å². The minimum Gasteiger partial charge on any atom is -0.445 e. The van der Waals surface area contributed by atoms with E-state index in [1.807, 2.05) is 0 Å². The number of alkyl carbamates (subject to hydrolysis) is 1. The number of rotatable bonds is 11. The van der Waals surface area contributed by atoms with E-state index < -0.39 is 91.1 Å². The number of carbonyl (C=O) groups excluding carboxylic acids is 2. The molecule has 3 atom stereocenters. The van der Waals surface area contributed by atoms with Crippen LogP contribution in [0.4, 0.5) is 39.9 Å². The first-order chi connectivity index (χ1) is 20.3. The number of hydrogen-bond acceptors (Lipinski definition) is 4. The zero-order valence-corrected chi connectivity index (χ0v) is 22.4. The normalized spacial score (nSPS) is 17.5. The average Bonchev–Trinajstić information content (AvgIpc) is 3.39. The van der Waals surface area contributed by atoms with Crippen LogP contribution in [-0.2, 0) is 16.1 Å². The Bertz CT molecular complexity index is 1400. The van der Waals surface area contributed by atoms with Crippen LogP contribution in [0.5, 0.6) is 0 Å². The van der Waals surface area contributed by atoms with Gasteiger partial charge in [-0.05, 0) is 30.4 Å². The van der Waals surface area contributed by atoms with E-state index >= 15 is 4.39 Å². The summed E-state index contributed by atoms with van der Waals surface area (Å²) in [5, 5.41) is 3.87. The van der Waals surface area contributed by atoms with E-state index in [2.05, 4.69) is 15.3 Å². The van der Waals surface area contributed by atoms with E-state index in [-0.39, 0.29) is 30.8 Å². The molecule has 1 heterocycles. The second-order valence-electron chi connectivity index (χ2n) is 10.3. The first kappa shape index (κ1) is 32.0. The largest absolute Gasteiger partial charge is 0.445 e. The highest BCUT2D eigenvalue weighted by atomic mass is 19.3. The van der Waals surface area contributed by atoms with Gasteiger partial charge in [0.25, 0.3) is 6.43 Å². The third-order valence-corrected chi connectivity index (χ3v) is 7.26. The van der Waals surface area contributed by atoms with Crippen molar-refractivity contribution in [2.45, 2.75) is 75.7 Å². The van der Waals surface area contributed by atoms with Gasteiger partial charge in [0.2, 0.25) is 24.6 Å². The van der Waals surface area contributed by atoms with E-state index in [1.54, 1.807) is 30.3 Å². The number of carbonyl (C=O) groups is 2. The molecule has 2 amide bonds. The van der Waals surface area contributed by atoms with E-state index in [0.29, 0.717) is 5.56 Å². The summed E-state index contributed by atoms with van der Waals surface area (Å²) in [5.41, 5.74) is -0.404. The van der Waals surface area contributed by atoms with Crippen LogP contribution in [0.25, 0.3) is 11.0 Å². The summed E-state index contributed by atoms with van der Waals surface area (Å²) in [5.74, 6) is -8.38. The van der Waals surface area contributed by atoms with Crippen LogP contribution in [0.15, 0.2) is 42.5 Å². The van der Waals surface area contributed by atoms with Crippen LogP contribution in [0.3, 0.4) is 0 Å². The minimum absolute atomic E-state index is 0.00833. The van der Waals surface area contributed by atoms with Crippen LogP contribution in [0.2, 0.25) is 0 Å². The van der Waals surface area contributed by atoms with E-state index in [1.165, 1.54) is 11.4 Å². The van der Waals surface area contributed by atoms with E-state index in [0.717, 1.165) is 6.07 Å². The molecule has 0 aliphatic heterocycles. The number of benzene rings is 2. The lowest BCUT2D eigenvalue weighted by atomic mass is 9.82. The molecule has 43 heavy (non-hydrogen) atoms. The van der Waals surface area contributed by atoms with Gasteiger partial charge in [0.05, 0.1) is 17.5 Å². The molecule has 1 fully saturated rings. The molecule has 0 spiro atoms. The van der Waals surface area contributed by atoms with Crippen molar-refractivity contribution in [3.63, 3.8) is 0 Å². The number of hydrogen-bond donors (Lipinski definition) is 3. The van der Waals surface area contributed by atoms with Gasteiger partial charge in [-0.3, -0.25) is 4.79 Å². The van der Waals surface area contributed by atoms with Gasteiger partial charge >= 0.3 is 6.09 Å². The van der Waals surface area contributed by atoms with Crippen LogP contribution < -0.4 is 10.6 Å². The number of ether oxygens (including phenoxy) is 1. The number of halogens is 8. The van der Waals surface area contributed by atoms with Crippen molar-refractivity contribution in [3.05, 3.63) is 65.2 Å². The summed E-state index contributed by atoms with van der Waals surface area (Å²) >= 11 is 0. The molecule has 0 bridgehead atoms. The third-order valence-electron chi connectivity index (χ3n) is 7.26. The second kappa shape index (κ2) is 13.6. The molecule has 15 heteroatoms. The summed E-state index contributed by atoms with van der Waals surface area (Å²) in [6, 6.07) is 9.79. The van der Waals surface area contributed by atoms with Gasteiger partial charge in [0.15, 0.2) is 5.82 Å². The molecular weight excluding hydrogens is 592 g/mol. The van der Waals surface area contributed by atoms with Gasteiger partial charge in [0, 0.05) is 24.8 Å². The van der Waals surface area contributed by atoms with Gasteiger partial charge in [-0.25, -0.2) is 44.9 Å². The summed E-state index contributed by atoms with van der Waals surface area (Å²) in [7, 11) is 0. The highest BCUT2D eigenvalue weighted by Gasteiger charge is 2.40. The van der Waals surface area contributed by atoms with Gasteiger partial charge in [-0.15, -0.1) is 0 Å². The first-order valence-corrected chi connectivity index (χ1v) is 13.4. The lowest BCUT2D eigenvalue weighted by molar-refractivity contribution is -0.127. The standard InChI is InChI=1S/C28H28F8N4O3/c29-19(30)12-17(26(41)40-24(34)23(32)33)16-6-7-18-22(20(16)31)38-25(37-18)21(15-8-10-28(35,36)11-9-15)39-27(42)43-13-14-4-2-1-3-5-14/h1-7,15,17,19,21,23-24H,8-13H2,(H,37,38)(H,39,42)(H,40,41)/t17-,21-,24?/m0/s1. The molecule has 3 aromatic rings. The predicted octanol–water partition coefficient (Wildman–Crippen LogP) is 6.91. The SMILES string of the molecule is O=C(N[C@H](c1nc2c(F)c([C@H](CC(F)F)C(=O)NC(F)C(F)F)ccc2[nH]1)C1CCC(F)(F)CC1)OCc1ccccc1. The van der Waals surface area contributed by atoms with Gasteiger partial charge < -0.3 is 20.4 Å². The van der Waals surface area contributed by atoms with Gasteiger partial charge in [-0.1, -0.05) is 36.4 Å². The lowest BCUT2D eigenvalue weighted by Crippen LogP contribution is -2.40. The van der Waals surface area contributed by atoms with Crippen molar-refractivity contribution in [2.24, 2.45) is 5.92 Å². The monoisotopic (exact) mass is 620 g/mol. The molecule has 0 radical (unpaired) electrons. The minimum atomic E-state index is -3.64. The molecule has 2 aromatic carbocycles. The number of nitrogens with one attached hydrogen (secondary N) is 3. The van der Waals surface area contributed by atoms with Crippen LogP contribution in [0.1, 0.15) is 61.0 Å². The number of alkyl halides is 7. The van der Waals surface area contributed by atoms with Crippen molar-refractivity contribution in [1.29, 1.82) is 0 Å². The average molecular weight is 621 g/mol. The second-order valence-corrected chi connectivity index (χ2v) is 10.3. The van der Waals surface area contributed by atoms with Gasteiger partial charge in [0.1, 0.15) is 17.9 Å². The Morgan fingerprint density at radius 3 is 2.30 bits per heavy atom. The van der Waals surface area contributed by atoms with E-state index in [4.69, 9.17) is 4.74 Å². The summed E-state index contributed by atoms with van der Waals surface area (Å²) in [6.07, 6.45) is -13.1. The van der Waals surface area contributed by atoms with Crippen LogP contribution in [0, 0.1) is 11.7 Å². The maximum atomic E-state index is 15.7. The predicted molar refractivity (Wildman–Crippen MR) is 138 cm³/mol. The number of aromatic nitrogens is 2.